The van der Waals surface area contributed by atoms with Gasteiger partial charge in [-0.2, -0.15) is 0 Å². The van der Waals surface area contributed by atoms with Gasteiger partial charge in [-0.1, -0.05) is 29.4 Å². The van der Waals surface area contributed by atoms with Crippen molar-refractivity contribution in [1.29, 1.82) is 0 Å². The first-order valence-corrected chi connectivity index (χ1v) is 8.81. The molecule has 7 heteroatoms. The molecule has 0 aliphatic heterocycles. The van der Waals surface area contributed by atoms with Crippen LogP contribution in [-0.4, -0.2) is 15.2 Å². The molecular formula is C18H11ClFN3OS. The number of benzene rings is 2. The Hall–Kier alpha value is -2.44. The van der Waals surface area contributed by atoms with Crippen molar-refractivity contribution in [2.24, 2.45) is 0 Å². The molecule has 0 spiro atoms. The second-order valence-electron chi connectivity index (χ2n) is 5.27. The summed E-state index contributed by atoms with van der Waals surface area (Å²) >= 11 is 7.26. The Kier molecular flexibility index (Phi) is 4.38. The van der Waals surface area contributed by atoms with Gasteiger partial charge in [0.1, 0.15) is 5.82 Å². The van der Waals surface area contributed by atoms with Crippen LogP contribution in [0.5, 0.6) is 0 Å². The fraction of sp³-hybridized carbons (Fsp3) is 0.0556. The van der Waals surface area contributed by atoms with Gasteiger partial charge >= 0.3 is 0 Å². The number of rotatable bonds is 4. The molecule has 4 aromatic rings. The fourth-order valence-corrected chi connectivity index (χ4v) is 3.30. The highest BCUT2D eigenvalue weighted by Gasteiger charge is 2.12. The number of aromatic nitrogens is 3. The molecule has 0 radical (unpaired) electrons. The third-order valence-corrected chi connectivity index (χ3v) is 4.77. The van der Waals surface area contributed by atoms with E-state index in [-0.39, 0.29) is 5.82 Å². The van der Waals surface area contributed by atoms with Crippen LogP contribution in [0.3, 0.4) is 0 Å². The zero-order valence-corrected chi connectivity index (χ0v) is 14.4. The SMILES string of the molecule is Fc1ccc(CSc2nnc(-c3ccc(Cl)cc3)o2)c2ncccc12. The highest BCUT2D eigenvalue weighted by atomic mass is 35.5. The summed E-state index contributed by atoms with van der Waals surface area (Å²) in [7, 11) is 0. The van der Waals surface area contributed by atoms with Crippen molar-refractivity contribution in [3.05, 3.63) is 71.1 Å². The summed E-state index contributed by atoms with van der Waals surface area (Å²) in [6, 6.07) is 13.8. The molecule has 0 fully saturated rings. The number of hydrogen-bond acceptors (Lipinski definition) is 5. The summed E-state index contributed by atoms with van der Waals surface area (Å²) in [6.07, 6.45) is 1.65. The van der Waals surface area contributed by atoms with Crippen LogP contribution in [-0.2, 0) is 5.75 Å². The van der Waals surface area contributed by atoms with Crippen molar-refractivity contribution in [3.63, 3.8) is 0 Å². The number of thioether (sulfide) groups is 1. The van der Waals surface area contributed by atoms with Gasteiger partial charge in [-0.05, 0) is 48.0 Å². The van der Waals surface area contributed by atoms with Crippen LogP contribution in [0.1, 0.15) is 5.56 Å². The van der Waals surface area contributed by atoms with Crippen LogP contribution in [0.15, 0.2) is 64.4 Å². The lowest BCUT2D eigenvalue weighted by molar-refractivity contribution is 0.466. The Morgan fingerprint density at radius 1 is 1.04 bits per heavy atom. The zero-order chi connectivity index (χ0) is 17.2. The smallest absolute Gasteiger partial charge is 0.277 e. The Morgan fingerprint density at radius 3 is 2.72 bits per heavy atom. The first-order chi connectivity index (χ1) is 12.2. The van der Waals surface area contributed by atoms with Crippen LogP contribution < -0.4 is 0 Å². The average molecular weight is 372 g/mol. The van der Waals surface area contributed by atoms with Crippen molar-refractivity contribution in [2.45, 2.75) is 11.0 Å². The number of hydrogen-bond donors (Lipinski definition) is 0. The summed E-state index contributed by atoms with van der Waals surface area (Å²) in [5.41, 5.74) is 2.36. The largest absolute Gasteiger partial charge is 0.411 e. The lowest BCUT2D eigenvalue weighted by atomic mass is 10.1. The molecular weight excluding hydrogens is 361 g/mol. The van der Waals surface area contributed by atoms with Crippen LogP contribution in [0.4, 0.5) is 4.39 Å². The van der Waals surface area contributed by atoms with Gasteiger partial charge in [0, 0.05) is 27.9 Å². The molecule has 124 valence electrons. The maximum Gasteiger partial charge on any atom is 0.277 e. The first kappa shape index (κ1) is 16.1. The summed E-state index contributed by atoms with van der Waals surface area (Å²) < 4.78 is 19.5. The molecule has 0 amide bonds. The van der Waals surface area contributed by atoms with Gasteiger partial charge in [0.05, 0.1) is 5.52 Å². The molecule has 0 aliphatic rings. The minimum Gasteiger partial charge on any atom is -0.411 e. The highest BCUT2D eigenvalue weighted by molar-refractivity contribution is 7.98. The van der Waals surface area contributed by atoms with E-state index in [1.165, 1.54) is 17.8 Å². The maximum atomic E-state index is 13.9. The molecule has 2 aromatic carbocycles. The minimum absolute atomic E-state index is 0.278. The van der Waals surface area contributed by atoms with Crippen molar-refractivity contribution < 1.29 is 8.81 Å². The zero-order valence-electron chi connectivity index (χ0n) is 12.8. The van der Waals surface area contributed by atoms with E-state index in [0.29, 0.717) is 32.8 Å². The predicted octanol–water partition coefficient (Wildman–Crippen LogP) is 5.37. The molecule has 0 aliphatic carbocycles. The fourth-order valence-electron chi connectivity index (χ4n) is 2.43. The molecule has 2 heterocycles. The highest BCUT2D eigenvalue weighted by Crippen LogP contribution is 2.29. The van der Waals surface area contributed by atoms with E-state index in [9.17, 15) is 4.39 Å². The normalized spacial score (nSPS) is 11.1. The van der Waals surface area contributed by atoms with Crippen molar-refractivity contribution in [2.75, 3.05) is 0 Å². The van der Waals surface area contributed by atoms with E-state index in [2.05, 4.69) is 15.2 Å². The summed E-state index contributed by atoms with van der Waals surface area (Å²) in [5.74, 6) is 0.705. The first-order valence-electron chi connectivity index (χ1n) is 7.45. The van der Waals surface area contributed by atoms with E-state index in [1.54, 1.807) is 36.5 Å². The second-order valence-corrected chi connectivity index (χ2v) is 6.64. The summed E-state index contributed by atoms with van der Waals surface area (Å²) in [6.45, 7) is 0. The van der Waals surface area contributed by atoms with Crippen LogP contribution in [0.2, 0.25) is 5.02 Å². The van der Waals surface area contributed by atoms with Gasteiger partial charge in [0.15, 0.2) is 0 Å². The molecule has 2 aromatic heterocycles. The third-order valence-electron chi connectivity index (χ3n) is 3.65. The Bertz CT molecular complexity index is 1040. The number of halogens is 2. The van der Waals surface area contributed by atoms with Crippen LogP contribution in [0.25, 0.3) is 22.4 Å². The molecule has 0 atom stereocenters. The predicted molar refractivity (Wildman–Crippen MR) is 96.0 cm³/mol. The standard InChI is InChI=1S/C18H11ClFN3OS/c19-13-6-3-11(4-7-13)17-22-23-18(24-17)25-10-12-5-8-15(20)14-2-1-9-21-16(12)14/h1-9H,10H2. The molecule has 0 saturated carbocycles. The Morgan fingerprint density at radius 2 is 1.88 bits per heavy atom. The van der Waals surface area contributed by atoms with E-state index < -0.39 is 0 Å². The summed E-state index contributed by atoms with van der Waals surface area (Å²) in [4.78, 5) is 4.28. The topological polar surface area (TPSA) is 51.8 Å². The molecule has 0 bridgehead atoms. The van der Waals surface area contributed by atoms with Crippen LogP contribution in [0, 0.1) is 5.82 Å². The number of pyridine rings is 1. The van der Waals surface area contributed by atoms with Crippen LogP contribution >= 0.6 is 23.4 Å². The third kappa shape index (κ3) is 3.36. The number of fused-ring (bicyclic) bond motifs is 1. The van der Waals surface area contributed by atoms with Crippen molar-refractivity contribution in [1.82, 2.24) is 15.2 Å². The van der Waals surface area contributed by atoms with E-state index >= 15 is 0 Å². The molecule has 0 unspecified atom stereocenters. The van der Waals surface area contributed by atoms with Gasteiger partial charge in [0.25, 0.3) is 5.22 Å². The van der Waals surface area contributed by atoms with Gasteiger partial charge in [-0.3, -0.25) is 4.98 Å². The lowest BCUT2D eigenvalue weighted by Crippen LogP contribution is -1.90. The van der Waals surface area contributed by atoms with E-state index in [0.717, 1.165) is 11.1 Å². The molecule has 25 heavy (non-hydrogen) atoms. The minimum atomic E-state index is -0.278. The lowest BCUT2D eigenvalue weighted by Gasteiger charge is -2.04. The Labute approximate surface area is 152 Å². The Balaban J connectivity index is 1.55. The molecule has 4 nitrogen and oxygen atoms in total. The summed E-state index contributed by atoms with van der Waals surface area (Å²) in [5, 5.41) is 9.69. The monoisotopic (exact) mass is 371 g/mol. The van der Waals surface area contributed by atoms with Gasteiger partial charge in [-0.25, -0.2) is 4.39 Å². The van der Waals surface area contributed by atoms with Crippen molar-refractivity contribution >= 4 is 34.3 Å². The molecule has 0 saturated heterocycles. The number of nitrogens with zero attached hydrogens (tertiary/aromatic N) is 3. The molecule has 0 N–H and O–H groups in total. The quantitative estimate of drug-likeness (QED) is 0.451. The van der Waals surface area contributed by atoms with Gasteiger partial charge in [0.2, 0.25) is 5.89 Å². The van der Waals surface area contributed by atoms with E-state index in [4.69, 9.17) is 16.0 Å². The van der Waals surface area contributed by atoms with E-state index in [1.807, 2.05) is 12.1 Å². The van der Waals surface area contributed by atoms with Crippen molar-refractivity contribution in [3.8, 4) is 11.5 Å². The van der Waals surface area contributed by atoms with Gasteiger partial charge in [-0.15, -0.1) is 10.2 Å². The molecule has 4 rings (SSSR count). The van der Waals surface area contributed by atoms with Gasteiger partial charge < -0.3 is 4.42 Å². The average Bonchev–Trinajstić information content (AvgIpc) is 3.11. The maximum absolute atomic E-state index is 13.9. The second kappa shape index (κ2) is 6.82.